The highest BCUT2D eigenvalue weighted by Crippen LogP contribution is 2.34. The summed E-state index contributed by atoms with van der Waals surface area (Å²) >= 11 is 6.30. The lowest BCUT2D eigenvalue weighted by Crippen LogP contribution is -1.70. The molecule has 0 amide bonds. The quantitative estimate of drug-likeness (QED) is 0.606. The fourth-order valence-electron chi connectivity index (χ4n) is 1.37. The van der Waals surface area contributed by atoms with Crippen molar-refractivity contribution >= 4 is 34.1 Å². The van der Waals surface area contributed by atoms with Crippen LogP contribution in [0.4, 0.5) is 0 Å². The maximum absolute atomic E-state index is 4.47. The van der Waals surface area contributed by atoms with Crippen LogP contribution in [0.5, 0.6) is 0 Å². The van der Waals surface area contributed by atoms with Crippen LogP contribution >= 0.6 is 24.0 Å². The van der Waals surface area contributed by atoms with E-state index < -0.39 is 0 Å². The second-order valence-electron chi connectivity index (χ2n) is 2.96. The summed E-state index contributed by atoms with van der Waals surface area (Å²) in [7, 11) is 0. The number of aryl methyl sites for hydroxylation is 2. The molecule has 0 radical (unpaired) electrons. The molecule has 62 valence electrons. The van der Waals surface area contributed by atoms with Gasteiger partial charge in [-0.05, 0) is 19.4 Å². The maximum Gasteiger partial charge on any atom is 0.0386 e. The lowest BCUT2D eigenvalue weighted by atomic mass is 10.2. The second-order valence-corrected chi connectivity index (χ2v) is 4.63. The van der Waals surface area contributed by atoms with Crippen molar-refractivity contribution < 1.29 is 0 Å². The molecule has 2 aromatic rings. The molecule has 0 saturated carbocycles. The first-order valence-electron chi connectivity index (χ1n) is 3.88. The molecule has 12 heavy (non-hydrogen) atoms. The Labute approximate surface area is 81.6 Å². The van der Waals surface area contributed by atoms with Crippen molar-refractivity contribution in [2.24, 2.45) is 0 Å². The number of fused-ring (bicyclic) bond motifs is 1. The van der Waals surface area contributed by atoms with Gasteiger partial charge in [0, 0.05) is 19.9 Å². The van der Waals surface area contributed by atoms with Crippen LogP contribution in [0.25, 0.3) is 10.1 Å². The number of thiol groups is 1. The maximum atomic E-state index is 4.47. The zero-order chi connectivity index (χ0) is 8.72. The largest absolute Gasteiger partial charge is 0.142 e. The van der Waals surface area contributed by atoms with Gasteiger partial charge in [0.2, 0.25) is 0 Å². The Hall–Kier alpha value is -0.470. The van der Waals surface area contributed by atoms with E-state index in [4.69, 9.17) is 0 Å². The van der Waals surface area contributed by atoms with Gasteiger partial charge in [-0.2, -0.15) is 0 Å². The van der Waals surface area contributed by atoms with E-state index in [1.54, 1.807) is 0 Å². The molecule has 0 nitrogen and oxygen atoms in total. The van der Waals surface area contributed by atoms with Gasteiger partial charge >= 0.3 is 0 Å². The molecule has 1 heterocycles. The summed E-state index contributed by atoms with van der Waals surface area (Å²) in [5, 5.41) is 1.29. The number of benzene rings is 1. The number of rotatable bonds is 0. The topological polar surface area (TPSA) is 0 Å². The van der Waals surface area contributed by atoms with E-state index in [2.05, 4.69) is 44.7 Å². The lowest BCUT2D eigenvalue weighted by Gasteiger charge is -1.93. The zero-order valence-electron chi connectivity index (χ0n) is 7.09. The third kappa shape index (κ3) is 1.06. The molecule has 1 aromatic carbocycles. The number of hydrogen-bond acceptors (Lipinski definition) is 2. The molecule has 0 saturated heterocycles. The fraction of sp³-hybridized carbons (Fsp3) is 0.200. The average molecular weight is 194 g/mol. The Morgan fingerprint density at radius 1 is 1.25 bits per heavy atom. The van der Waals surface area contributed by atoms with Crippen molar-refractivity contribution in [1.29, 1.82) is 0 Å². The SMILES string of the molecule is Cc1sc2c(C)cccc2c1S. The smallest absolute Gasteiger partial charge is 0.0386 e. The average Bonchev–Trinajstić information content (AvgIpc) is 2.32. The minimum absolute atomic E-state index is 1.14. The van der Waals surface area contributed by atoms with Crippen molar-refractivity contribution in [2.75, 3.05) is 0 Å². The summed E-state index contributed by atoms with van der Waals surface area (Å²) in [5.74, 6) is 0. The molecule has 0 aliphatic heterocycles. The van der Waals surface area contributed by atoms with Gasteiger partial charge in [-0.15, -0.1) is 24.0 Å². The van der Waals surface area contributed by atoms with Gasteiger partial charge in [0.05, 0.1) is 0 Å². The van der Waals surface area contributed by atoms with Gasteiger partial charge in [0.25, 0.3) is 0 Å². The van der Waals surface area contributed by atoms with Crippen LogP contribution in [-0.4, -0.2) is 0 Å². The van der Waals surface area contributed by atoms with Gasteiger partial charge in [0.1, 0.15) is 0 Å². The van der Waals surface area contributed by atoms with Gasteiger partial charge in [-0.25, -0.2) is 0 Å². The third-order valence-electron chi connectivity index (χ3n) is 2.06. The molecule has 2 heteroatoms. The summed E-state index contributed by atoms with van der Waals surface area (Å²) in [6.45, 7) is 4.26. The molecule has 0 bridgehead atoms. The van der Waals surface area contributed by atoms with E-state index in [1.165, 1.54) is 20.5 Å². The summed E-state index contributed by atoms with van der Waals surface area (Å²) in [6, 6.07) is 6.36. The van der Waals surface area contributed by atoms with Crippen molar-refractivity contribution in [2.45, 2.75) is 18.7 Å². The van der Waals surface area contributed by atoms with Crippen LogP contribution in [0.15, 0.2) is 23.1 Å². The van der Waals surface area contributed by atoms with Crippen molar-refractivity contribution in [3.05, 3.63) is 28.6 Å². The van der Waals surface area contributed by atoms with E-state index in [1.807, 2.05) is 11.3 Å². The minimum Gasteiger partial charge on any atom is -0.142 e. The van der Waals surface area contributed by atoms with Crippen LogP contribution in [0, 0.1) is 13.8 Å². The summed E-state index contributed by atoms with van der Waals surface area (Å²) in [4.78, 5) is 2.45. The molecule has 0 spiro atoms. The molecule has 0 fully saturated rings. The van der Waals surface area contributed by atoms with Crippen LogP contribution in [0.3, 0.4) is 0 Å². The third-order valence-corrected chi connectivity index (χ3v) is 4.04. The van der Waals surface area contributed by atoms with E-state index in [9.17, 15) is 0 Å². The zero-order valence-corrected chi connectivity index (χ0v) is 8.80. The number of hydrogen-bond donors (Lipinski definition) is 1. The molecule has 0 aliphatic rings. The Kier molecular flexibility index (Phi) is 1.89. The van der Waals surface area contributed by atoms with Crippen LogP contribution < -0.4 is 0 Å². The molecule has 2 rings (SSSR count). The molecule has 0 unspecified atom stereocenters. The molecule has 0 aliphatic carbocycles. The highest BCUT2D eigenvalue weighted by Gasteiger charge is 2.05. The normalized spacial score (nSPS) is 10.9. The van der Waals surface area contributed by atoms with Crippen molar-refractivity contribution in [1.82, 2.24) is 0 Å². The number of thiophene rings is 1. The molecule has 0 N–H and O–H groups in total. The Balaban J connectivity index is 2.95. The Morgan fingerprint density at radius 3 is 2.67 bits per heavy atom. The standard InChI is InChI=1S/C10H10S2/c1-6-4-3-5-8-9(11)7(2)12-10(6)8/h3-5,11H,1-2H3. The predicted molar refractivity (Wildman–Crippen MR) is 58.6 cm³/mol. The van der Waals surface area contributed by atoms with Crippen LogP contribution in [0.2, 0.25) is 0 Å². The monoisotopic (exact) mass is 194 g/mol. The van der Waals surface area contributed by atoms with E-state index in [0.29, 0.717) is 0 Å². The molecular formula is C10H10S2. The highest BCUT2D eigenvalue weighted by molar-refractivity contribution is 7.80. The highest BCUT2D eigenvalue weighted by atomic mass is 32.1. The minimum atomic E-state index is 1.14. The van der Waals surface area contributed by atoms with Crippen molar-refractivity contribution in [3.8, 4) is 0 Å². The van der Waals surface area contributed by atoms with E-state index in [0.717, 1.165) is 4.90 Å². The Bertz CT molecular complexity index is 427. The molecule has 0 atom stereocenters. The first-order chi connectivity index (χ1) is 5.70. The lowest BCUT2D eigenvalue weighted by molar-refractivity contribution is 1.47. The van der Waals surface area contributed by atoms with Gasteiger partial charge in [0.15, 0.2) is 0 Å². The van der Waals surface area contributed by atoms with Gasteiger partial charge in [-0.3, -0.25) is 0 Å². The van der Waals surface area contributed by atoms with E-state index >= 15 is 0 Å². The van der Waals surface area contributed by atoms with Gasteiger partial charge < -0.3 is 0 Å². The predicted octanol–water partition coefficient (Wildman–Crippen LogP) is 3.81. The Morgan fingerprint density at radius 2 is 2.00 bits per heavy atom. The fourth-order valence-corrected chi connectivity index (χ4v) is 2.79. The van der Waals surface area contributed by atoms with E-state index in [-0.39, 0.29) is 0 Å². The second kappa shape index (κ2) is 2.79. The van der Waals surface area contributed by atoms with Crippen molar-refractivity contribution in [3.63, 3.8) is 0 Å². The summed E-state index contributed by atoms with van der Waals surface area (Å²) in [5.41, 5.74) is 1.35. The van der Waals surface area contributed by atoms with Gasteiger partial charge in [-0.1, -0.05) is 18.2 Å². The molecular weight excluding hydrogens is 184 g/mol. The molecule has 1 aromatic heterocycles. The summed E-state index contributed by atoms with van der Waals surface area (Å²) in [6.07, 6.45) is 0. The first-order valence-corrected chi connectivity index (χ1v) is 5.14. The van der Waals surface area contributed by atoms with Crippen LogP contribution in [0.1, 0.15) is 10.4 Å². The van der Waals surface area contributed by atoms with Crippen LogP contribution in [-0.2, 0) is 0 Å². The first kappa shape index (κ1) is 8.14. The summed E-state index contributed by atoms with van der Waals surface area (Å²) < 4.78 is 1.38.